The molecule has 1 amide bonds. The van der Waals surface area contributed by atoms with Gasteiger partial charge >= 0.3 is 0 Å². The van der Waals surface area contributed by atoms with Gasteiger partial charge in [0.25, 0.3) is 5.91 Å². The van der Waals surface area contributed by atoms with Gasteiger partial charge in [0.15, 0.2) is 0 Å². The Morgan fingerprint density at radius 2 is 2.35 bits per heavy atom. The van der Waals surface area contributed by atoms with E-state index >= 15 is 0 Å². The maximum absolute atomic E-state index is 11.7. The predicted octanol–water partition coefficient (Wildman–Crippen LogP) is 0.0642. The van der Waals surface area contributed by atoms with Crippen molar-refractivity contribution >= 4 is 11.7 Å². The zero-order valence-corrected chi connectivity index (χ0v) is 13.0. The topological polar surface area (TPSA) is 96.2 Å². The van der Waals surface area contributed by atoms with E-state index in [1.54, 1.807) is 29.3 Å². The molecular formula is C15H20N6O2. The van der Waals surface area contributed by atoms with Gasteiger partial charge in [-0.3, -0.25) is 4.79 Å². The summed E-state index contributed by atoms with van der Waals surface area (Å²) in [7, 11) is 0. The van der Waals surface area contributed by atoms with Crippen molar-refractivity contribution in [1.29, 1.82) is 0 Å². The minimum atomic E-state index is -0.854. The van der Waals surface area contributed by atoms with E-state index in [1.165, 1.54) is 0 Å². The second kappa shape index (κ2) is 6.33. The van der Waals surface area contributed by atoms with Crippen LogP contribution in [0.1, 0.15) is 23.7 Å². The van der Waals surface area contributed by atoms with Gasteiger partial charge in [-0.2, -0.15) is 0 Å². The van der Waals surface area contributed by atoms with Crippen LogP contribution in [0.2, 0.25) is 0 Å². The molecule has 1 saturated heterocycles. The number of carbonyl (C=O) groups is 1. The van der Waals surface area contributed by atoms with E-state index in [1.807, 2.05) is 17.9 Å². The molecule has 0 spiro atoms. The zero-order chi connectivity index (χ0) is 16.3. The number of carbonyl (C=O) groups excluding carboxylic acids is 1. The Morgan fingerprint density at radius 1 is 1.48 bits per heavy atom. The Balaban J connectivity index is 1.65. The van der Waals surface area contributed by atoms with Crippen molar-refractivity contribution in [3.63, 3.8) is 0 Å². The molecule has 23 heavy (non-hydrogen) atoms. The van der Waals surface area contributed by atoms with E-state index in [4.69, 9.17) is 0 Å². The van der Waals surface area contributed by atoms with Gasteiger partial charge in [0.1, 0.15) is 11.4 Å². The molecule has 1 unspecified atom stereocenters. The highest BCUT2D eigenvalue weighted by Gasteiger charge is 2.37. The molecule has 2 aromatic rings. The molecule has 0 radical (unpaired) electrons. The lowest BCUT2D eigenvalue weighted by Crippen LogP contribution is -2.38. The third kappa shape index (κ3) is 3.48. The maximum Gasteiger partial charge on any atom is 0.252 e. The van der Waals surface area contributed by atoms with Crippen LogP contribution in [0.15, 0.2) is 30.7 Å². The van der Waals surface area contributed by atoms with E-state index in [-0.39, 0.29) is 5.91 Å². The van der Waals surface area contributed by atoms with E-state index in [0.717, 1.165) is 5.82 Å². The van der Waals surface area contributed by atoms with Crippen molar-refractivity contribution in [2.45, 2.75) is 25.5 Å². The highest BCUT2D eigenvalue weighted by atomic mass is 16.3. The smallest absolute Gasteiger partial charge is 0.252 e. The lowest BCUT2D eigenvalue weighted by atomic mass is 10.0. The van der Waals surface area contributed by atoms with Crippen molar-refractivity contribution in [1.82, 2.24) is 25.3 Å². The van der Waals surface area contributed by atoms with Crippen LogP contribution in [0.25, 0.3) is 0 Å². The number of amides is 1. The first-order valence-corrected chi connectivity index (χ1v) is 7.65. The van der Waals surface area contributed by atoms with Gasteiger partial charge in [0.05, 0.1) is 18.3 Å². The Bertz CT molecular complexity index is 657. The highest BCUT2D eigenvalue weighted by molar-refractivity contribution is 5.94. The summed E-state index contributed by atoms with van der Waals surface area (Å²) >= 11 is 0. The minimum Gasteiger partial charge on any atom is -0.386 e. The number of β-amino-alcohol motifs (C(OH)–C–C–N with tert-alkyl or cyclic N) is 1. The van der Waals surface area contributed by atoms with Crippen LogP contribution in [0.5, 0.6) is 0 Å². The van der Waals surface area contributed by atoms with Gasteiger partial charge in [-0.1, -0.05) is 5.21 Å². The van der Waals surface area contributed by atoms with Gasteiger partial charge in [-0.25, -0.2) is 9.67 Å². The fraction of sp³-hybridized carbons (Fsp3) is 0.467. The number of nitrogens with one attached hydrogen (secondary N) is 1. The van der Waals surface area contributed by atoms with Gasteiger partial charge < -0.3 is 15.3 Å². The lowest BCUT2D eigenvalue weighted by Gasteiger charge is -2.23. The van der Waals surface area contributed by atoms with Crippen molar-refractivity contribution < 1.29 is 9.90 Å². The first-order chi connectivity index (χ1) is 11.1. The summed E-state index contributed by atoms with van der Waals surface area (Å²) < 4.78 is 1.63. The van der Waals surface area contributed by atoms with Gasteiger partial charge in [-0.05, 0) is 25.5 Å². The Labute approximate surface area is 134 Å². The molecule has 2 aromatic heterocycles. The minimum absolute atomic E-state index is 0.129. The van der Waals surface area contributed by atoms with Crippen LogP contribution in [0.3, 0.4) is 0 Å². The van der Waals surface area contributed by atoms with Crippen molar-refractivity contribution in [2.24, 2.45) is 0 Å². The fourth-order valence-corrected chi connectivity index (χ4v) is 2.77. The summed E-state index contributed by atoms with van der Waals surface area (Å²) in [4.78, 5) is 18.1. The third-order valence-corrected chi connectivity index (χ3v) is 3.93. The van der Waals surface area contributed by atoms with E-state index in [0.29, 0.717) is 38.2 Å². The molecule has 3 heterocycles. The SMILES string of the molecule is CCNC(=O)c1ccc(N2CCC(O)(Cn3ccnn3)C2)nc1. The Hall–Kier alpha value is -2.48. The Morgan fingerprint density at radius 3 is 3.00 bits per heavy atom. The van der Waals surface area contributed by atoms with Gasteiger partial charge in [-0.15, -0.1) is 5.10 Å². The number of aromatic nitrogens is 4. The van der Waals surface area contributed by atoms with Crippen LogP contribution in [0, 0.1) is 0 Å². The molecule has 1 aliphatic heterocycles. The lowest BCUT2D eigenvalue weighted by molar-refractivity contribution is 0.0408. The summed E-state index contributed by atoms with van der Waals surface area (Å²) in [6.07, 6.45) is 5.53. The van der Waals surface area contributed by atoms with Crippen LogP contribution in [-0.4, -0.2) is 56.2 Å². The first kappa shape index (κ1) is 15.4. The average Bonchev–Trinajstić information content (AvgIpc) is 3.18. The zero-order valence-electron chi connectivity index (χ0n) is 13.0. The molecule has 1 atom stereocenters. The van der Waals surface area contributed by atoms with Crippen LogP contribution in [-0.2, 0) is 6.54 Å². The molecule has 1 aliphatic rings. The molecule has 0 bridgehead atoms. The van der Waals surface area contributed by atoms with Crippen molar-refractivity contribution in [3.8, 4) is 0 Å². The molecule has 122 valence electrons. The second-order valence-electron chi connectivity index (χ2n) is 5.76. The number of pyridine rings is 1. The Kier molecular flexibility index (Phi) is 4.24. The number of rotatable bonds is 5. The molecule has 3 rings (SSSR count). The largest absolute Gasteiger partial charge is 0.386 e. The normalized spacial score (nSPS) is 20.7. The molecule has 2 N–H and O–H groups in total. The summed E-state index contributed by atoms with van der Waals surface area (Å²) in [5, 5.41) is 21.1. The molecule has 8 heteroatoms. The van der Waals surface area contributed by atoms with Gasteiger partial charge in [0.2, 0.25) is 0 Å². The molecule has 8 nitrogen and oxygen atoms in total. The number of hydrogen-bond acceptors (Lipinski definition) is 6. The molecule has 0 aromatic carbocycles. The van der Waals surface area contributed by atoms with E-state index < -0.39 is 5.60 Å². The number of nitrogens with zero attached hydrogens (tertiary/aromatic N) is 5. The van der Waals surface area contributed by atoms with Gasteiger partial charge in [0, 0.05) is 32.0 Å². The quantitative estimate of drug-likeness (QED) is 0.810. The number of hydrogen-bond donors (Lipinski definition) is 2. The predicted molar refractivity (Wildman–Crippen MR) is 84.0 cm³/mol. The van der Waals surface area contributed by atoms with Crippen LogP contribution < -0.4 is 10.2 Å². The second-order valence-corrected chi connectivity index (χ2v) is 5.76. The van der Waals surface area contributed by atoms with E-state index in [9.17, 15) is 9.90 Å². The van der Waals surface area contributed by atoms with Crippen molar-refractivity contribution in [3.05, 3.63) is 36.3 Å². The van der Waals surface area contributed by atoms with Crippen LogP contribution >= 0.6 is 0 Å². The summed E-state index contributed by atoms with van der Waals surface area (Å²) in [6.45, 7) is 4.04. The first-order valence-electron chi connectivity index (χ1n) is 7.65. The summed E-state index contributed by atoms with van der Waals surface area (Å²) in [6, 6.07) is 3.56. The fourth-order valence-electron chi connectivity index (χ4n) is 2.77. The maximum atomic E-state index is 11.7. The monoisotopic (exact) mass is 316 g/mol. The van der Waals surface area contributed by atoms with Crippen LogP contribution in [0.4, 0.5) is 5.82 Å². The molecular weight excluding hydrogens is 296 g/mol. The summed E-state index contributed by atoms with van der Waals surface area (Å²) in [5.74, 6) is 0.628. The number of aliphatic hydroxyl groups is 1. The summed E-state index contributed by atoms with van der Waals surface area (Å²) in [5.41, 5.74) is -0.319. The standard InChI is InChI=1S/C15H20N6O2/c1-2-16-14(22)12-3-4-13(17-9-12)20-7-5-15(23,10-20)11-21-8-6-18-19-21/h3-4,6,8-9,23H,2,5,7,10-11H2,1H3,(H,16,22). The highest BCUT2D eigenvalue weighted by Crippen LogP contribution is 2.26. The average molecular weight is 316 g/mol. The van der Waals surface area contributed by atoms with E-state index in [2.05, 4.69) is 20.6 Å². The molecule has 0 aliphatic carbocycles. The number of anilines is 1. The third-order valence-electron chi connectivity index (χ3n) is 3.93. The van der Waals surface area contributed by atoms with Crippen molar-refractivity contribution in [2.75, 3.05) is 24.5 Å². The molecule has 1 fully saturated rings. The molecule has 0 saturated carbocycles.